The van der Waals surface area contributed by atoms with E-state index in [-0.39, 0.29) is 5.63 Å². The molecule has 0 saturated heterocycles. The van der Waals surface area contributed by atoms with E-state index in [1.165, 1.54) is 6.07 Å². The van der Waals surface area contributed by atoms with Crippen LogP contribution in [0, 0.1) is 6.92 Å². The molecule has 0 aliphatic heterocycles. The van der Waals surface area contributed by atoms with Crippen LogP contribution in [0.5, 0.6) is 5.75 Å². The third kappa shape index (κ3) is 8.48. The quantitative estimate of drug-likeness (QED) is 0.386. The SMILES string of the molecule is Cc1cc(=O)oc2cc(OCCn3cc(CCC(O)CCN)nn3)ccc12.O=C(O)C(F)(F)F. The van der Waals surface area contributed by atoms with Crippen molar-refractivity contribution in [1.82, 2.24) is 15.0 Å². The van der Waals surface area contributed by atoms with E-state index >= 15 is 0 Å². The number of carboxylic acids is 1. The highest BCUT2D eigenvalue weighted by Gasteiger charge is 2.38. The Morgan fingerprint density at radius 1 is 1.29 bits per heavy atom. The topological polar surface area (TPSA) is 154 Å². The number of aliphatic hydroxyl groups is 1. The molecule has 0 saturated carbocycles. The number of alkyl halides is 3. The fourth-order valence-electron chi connectivity index (χ4n) is 2.87. The van der Waals surface area contributed by atoms with Crippen molar-refractivity contribution in [3.05, 3.63) is 52.1 Å². The molecule has 0 bridgehead atoms. The van der Waals surface area contributed by atoms with Crippen LogP contribution in [0.1, 0.15) is 24.1 Å². The van der Waals surface area contributed by atoms with Gasteiger partial charge in [0.25, 0.3) is 0 Å². The zero-order chi connectivity index (χ0) is 25.3. The number of fused-ring (bicyclic) bond motifs is 1. The van der Waals surface area contributed by atoms with Crippen molar-refractivity contribution in [2.24, 2.45) is 5.73 Å². The monoisotopic (exact) mass is 486 g/mol. The number of halogens is 3. The summed E-state index contributed by atoms with van der Waals surface area (Å²) in [4.78, 5) is 20.4. The molecule has 0 fully saturated rings. The Hall–Kier alpha value is -3.45. The molecule has 0 aliphatic carbocycles. The summed E-state index contributed by atoms with van der Waals surface area (Å²) < 4.78 is 44.4. The Bertz CT molecular complexity index is 1150. The summed E-state index contributed by atoms with van der Waals surface area (Å²) in [6.07, 6.45) is -1.77. The van der Waals surface area contributed by atoms with Crippen molar-refractivity contribution in [3.63, 3.8) is 0 Å². The molecule has 0 amide bonds. The summed E-state index contributed by atoms with van der Waals surface area (Å²) in [5, 5.41) is 25.9. The molecule has 1 aromatic carbocycles. The highest BCUT2D eigenvalue weighted by Crippen LogP contribution is 2.22. The summed E-state index contributed by atoms with van der Waals surface area (Å²) in [6, 6.07) is 6.92. The van der Waals surface area contributed by atoms with Crippen LogP contribution in [-0.4, -0.2) is 56.6 Å². The maximum absolute atomic E-state index is 11.5. The van der Waals surface area contributed by atoms with Crippen LogP contribution in [0.2, 0.25) is 0 Å². The Kier molecular flexibility index (Phi) is 9.57. The fraction of sp³-hybridized carbons (Fsp3) is 0.429. The predicted octanol–water partition coefficient (Wildman–Crippen LogP) is 2.05. The molecule has 1 unspecified atom stereocenters. The molecule has 1 atom stereocenters. The van der Waals surface area contributed by atoms with E-state index in [1.807, 2.05) is 25.3 Å². The van der Waals surface area contributed by atoms with Crippen LogP contribution in [-0.2, 0) is 17.8 Å². The smallest absolute Gasteiger partial charge is 0.490 e. The number of carboxylic acid groups (broad SMARTS) is 1. The van der Waals surface area contributed by atoms with E-state index in [0.29, 0.717) is 50.3 Å². The fourth-order valence-corrected chi connectivity index (χ4v) is 2.87. The molecule has 2 heterocycles. The van der Waals surface area contributed by atoms with Crippen molar-refractivity contribution >= 4 is 16.9 Å². The van der Waals surface area contributed by atoms with Crippen molar-refractivity contribution in [3.8, 4) is 5.75 Å². The Labute approximate surface area is 191 Å². The summed E-state index contributed by atoms with van der Waals surface area (Å²) in [5.41, 5.74) is 7.27. The molecule has 0 spiro atoms. The van der Waals surface area contributed by atoms with Crippen LogP contribution >= 0.6 is 0 Å². The molecular weight excluding hydrogens is 461 g/mol. The largest absolute Gasteiger partial charge is 0.492 e. The first-order valence-electron chi connectivity index (χ1n) is 10.2. The van der Waals surface area contributed by atoms with Gasteiger partial charge >= 0.3 is 17.8 Å². The standard InChI is InChI=1S/C19H24N4O4.C2HF3O2/c1-13-10-19(25)27-18-11-16(4-5-17(13)18)26-9-8-23-12-14(21-22-23)2-3-15(24)6-7-20;3-2(4,5)1(6)7/h4-5,10-12,15,24H,2-3,6-9,20H2,1H3;(H,6,7). The minimum absolute atomic E-state index is 0.371. The second kappa shape index (κ2) is 12.1. The van der Waals surface area contributed by atoms with Gasteiger partial charge < -0.3 is 25.1 Å². The second-order valence-electron chi connectivity index (χ2n) is 7.30. The second-order valence-corrected chi connectivity index (χ2v) is 7.30. The number of rotatable bonds is 9. The van der Waals surface area contributed by atoms with Crippen molar-refractivity contribution < 1.29 is 37.3 Å². The normalized spacial score (nSPS) is 12.2. The summed E-state index contributed by atoms with van der Waals surface area (Å²) in [6.45, 7) is 3.29. The van der Waals surface area contributed by atoms with Crippen molar-refractivity contribution in [2.75, 3.05) is 13.2 Å². The minimum Gasteiger partial charge on any atom is -0.492 e. The van der Waals surface area contributed by atoms with E-state index in [1.54, 1.807) is 10.7 Å². The molecule has 2 aromatic heterocycles. The van der Waals surface area contributed by atoms with E-state index < -0.39 is 18.2 Å². The number of carbonyl (C=O) groups is 1. The predicted molar refractivity (Wildman–Crippen MR) is 114 cm³/mol. The molecule has 3 aromatic rings. The van der Waals surface area contributed by atoms with Gasteiger partial charge in [-0.05, 0) is 50.4 Å². The van der Waals surface area contributed by atoms with Crippen LogP contribution in [0.3, 0.4) is 0 Å². The molecule has 10 nitrogen and oxygen atoms in total. The van der Waals surface area contributed by atoms with Gasteiger partial charge in [-0.1, -0.05) is 5.21 Å². The summed E-state index contributed by atoms with van der Waals surface area (Å²) >= 11 is 0. The van der Waals surface area contributed by atoms with Gasteiger partial charge in [-0.3, -0.25) is 0 Å². The molecular formula is C21H25F3N4O6. The van der Waals surface area contributed by atoms with E-state index in [2.05, 4.69) is 10.3 Å². The first-order valence-corrected chi connectivity index (χ1v) is 10.2. The Balaban J connectivity index is 0.000000509. The number of hydrogen-bond acceptors (Lipinski definition) is 8. The molecule has 3 rings (SSSR count). The average molecular weight is 486 g/mol. The third-order valence-electron chi connectivity index (χ3n) is 4.57. The van der Waals surface area contributed by atoms with Crippen LogP contribution < -0.4 is 16.1 Å². The van der Waals surface area contributed by atoms with Crippen LogP contribution in [0.15, 0.2) is 39.7 Å². The van der Waals surface area contributed by atoms with Crippen molar-refractivity contribution in [2.45, 2.75) is 45.0 Å². The van der Waals surface area contributed by atoms with Gasteiger partial charge in [0, 0.05) is 23.7 Å². The highest BCUT2D eigenvalue weighted by atomic mass is 19.4. The maximum atomic E-state index is 11.5. The molecule has 0 radical (unpaired) electrons. The minimum atomic E-state index is -5.08. The van der Waals surface area contributed by atoms with Gasteiger partial charge in [-0.2, -0.15) is 13.2 Å². The molecule has 13 heteroatoms. The summed E-state index contributed by atoms with van der Waals surface area (Å²) in [7, 11) is 0. The first kappa shape index (κ1) is 26.8. The van der Waals surface area contributed by atoms with Crippen LogP contribution in [0.25, 0.3) is 11.0 Å². The lowest BCUT2D eigenvalue weighted by Crippen LogP contribution is -2.21. The zero-order valence-electron chi connectivity index (χ0n) is 18.3. The van der Waals surface area contributed by atoms with Crippen molar-refractivity contribution in [1.29, 1.82) is 0 Å². The van der Waals surface area contributed by atoms with Gasteiger partial charge in [-0.15, -0.1) is 5.10 Å². The number of nitrogens with zero attached hydrogens (tertiary/aromatic N) is 3. The van der Waals surface area contributed by atoms with E-state index in [9.17, 15) is 23.1 Å². The molecule has 4 N–H and O–H groups in total. The van der Waals surface area contributed by atoms with Gasteiger partial charge in [0.2, 0.25) is 0 Å². The number of benzene rings is 1. The zero-order valence-corrected chi connectivity index (χ0v) is 18.3. The highest BCUT2D eigenvalue weighted by molar-refractivity contribution is 5.81. The van der Waals surface area contributed by atoms with Gasteiger partial charge in [0.15, 0.2) is 0 Å². The van der Waals surface area contributed by atoms with Gasteiger partial charge in [0.1, 0.15) is 17.9 Å². The lowest BCUT2D eigenvalue weighted by atomic mass is 10.1. The number of nitrogens with two attached hydrogens (primary N) is 1. The Morgan fingerprint density at radius 3 is 2.65 bits per heavy atom. The number of aryl methyl sites for hydroxylation is 2. The molecule has 186 valence electrons. The lowest BCUT2D eigenvalue weighted by molar-refractivity contribution is -0.192. The third-order valence-corrected chi connectivity index (χ3v) is 4.57. The lowest BCUT2D eigenvalue weighted by Gasteiger charge is -2.07. The van der Waals surface area contributed by atoms with Gasteiger partial charge in [0.05, 0.1) is 18.3 Å². The molecule has 34 heavy (non-hydrogen) atoms. The van der Waals surface area contributed by atoms with E-state index in [4.69, 9.17) is 24.8 Å². The molecule has 0 aliphatic rings. The number of ether oxygens (including phenoxy) is 1. The maximum Gasteiger partial charge on any atom is 0.490 e. The first-order chi connectivity index (χ1) is 16.0. The number of aliphatic carboxylic acids is 1. The van der Waals surface area contributed by atoms with Crippen LogP contribution in [0.4, 0.5) is 13.2 Å². The number of aliphatic hydroxyl groups excluding tert-OH is 1. The average Bonchev–Trinajstić information content (AvgIpc) is 3.19. The Morgan fingerprint density at radius 2 is 2.00 bits per heavy atom. The number of aromatic nitrogens is 3. The summed E-state index contributed by atoms with van der Waals surface area (Å²) in [5.74, 6) is -2.13. The van der Waals surface area contributed by atoms with E-state index in [0.717, 1.165) is 16.6 Å². The van der Waals surface area contributed by atoms with Gasteiger partial charge in [-0.25, -0.2) is 14.3 Å². The number of hydrogen-bond donors (Lipinski definition) is 3.